The fourth-order valence-electron chi connectivity index (χ4n) is 1.50. The van der Waals surface area contributed by atoms with Crippen molar-refractivity contribution in [3.63, 3.8) is 0 Å². The van der Waals surface area contributed by atoms with Crippen LogP contribution in [0.2, 0.25) is 5.02 Å². The molecule has 0 aliphatic heterocycles. The maximum atomic E-state index is 5.82. The Morgan fingerprint density at radius 2 is 1.42 bits per heavy atom. The summed E-state index contributed by atoms with van der Waals surface area (Å²) in [7, 11) is 1.63. The van der Waals surface area contributed by atoms with Crippen LogP contribution < -0.4 is 15.4 Å². The molecule has 2 aromatic carbocycles. The fraction of sp³-hybridized carbons (Fsp3) is 0.0714. The van der Waals surface area contributed by atoms with Gasteiger partial charge in [-0.1, -0.05) is 11.6 Å². The van der Waals surface area contributed by atoms with Gasteiger partial charge in [-0.2, -0.15) is 0 Å². The minimum atomic E-state index is 0.521. The highest BCUT2D eigenvalue weighted by molar-refractivity contribution is 7.80. The van der Waals surface area contributed by atoms with Crippen molar-refractivity contribution in [2.45, 2.75) is 0 Å². The minimum absolute atomic E-state index is 0.521. The number of nitrogens with one attached hydrogen (secondary N) is 2. The molecule has 0 spiro atoms. The van der Waals surface area contributed by atoms with Crippen molar-refractivity contribution in [1.82, 2.24) is 0 Å². The molecule has 0 fully saturated rings. The van der Waals surface area contributed by atoms with Crippen molar-refractivity contribution in [2.24, 2.45) is 0 Å². The summed E-state index contributed by atoms with van der Waals surface area (Å²) in [5.74, 6) is 0.808. The molecule has 0 amide bonds. The van der Waals surface area contributed by atoms with E-state index < -0.39 is 0 Å². The van der Waals surface area contributed by atoms with Gasteiger partial charge in [-0.05, 0) is 60.7 Å². The molecule has 5 heteroatoms. The Balaban J connectivity index is 1.95. The monoisotopic (exact) mass is 292 g/mol. The van der Waals surface area contributed by atoms with E-state index in [0.717, 1.165) is 17.1 Å². The second-order valence-electron chi connectivity index (χ2n) is 3.81. The highest BCUT2D eigenvalue weighted by atomic mass is 35.5. The highest BCUT2D eigenvalue weighted by Crippen LogP contribution is 2.16. The molecule has 0 aliphatic rings. The first-order valence-corrected chi connectivity index (χ1v) is 6.43. The summed E-state index contributed by atoms with van der Waals surface area (Å²) in [4.78, 5) is 0. The molecule has 19 heavy (non-hydrogen) atoms. The summed E-state index contributed by atoms with van der Waals surface area (Å²) in [6.45, 7) is 0. The lowest BCUT2D eigenvalue weighted by atomic mass is 10.3. The summed E-state index contributed by atoms with van der Waals surface area (Å²) < 4.78 is 5.09. The van der Waals surface area contributed by atoms with Gasteiger partial charge < -0.3 is 15.4 Å². The molecule has 0 bridgehead atoms. The summed E-state index contributed by atoms with van der Waals surface area (Å²) in [5, 5.41) is 7.38. The molecule has 98 valence electrons. The van der Waals surface area contributed by atoms with E-state index in [2.05, 4.69) is 10.6 Å². The number of hydrogen-bond acceptors (Lipinski definition) is 2. The Morgan fingerprint density at radius 3 is 1.89 bits per heavy atom. The van der Waals surface area contributed by atoms with E-state index in [1.807, 2.05) is 36.4 Å². The first-order valence-electron chi connectivity index (χ1n) is 5.65. The lowest BCUT2D eigenvalue weighted by molar-refractivity contribution is 0.415. The zero-order valence-corrected chi connectivity index (χ0v) is 11.9. The highest BCUT2D eigenvalue weighted by Gasteiger charge is 1.99. The number of anilines is 2. The van der Waals surface area contributed by atoms with Gasteiger partial charge in [0.2, 0.25) is 0 Å². The van der Waals surface area contributed by atoms with Gasteiger partial charge in [0.15, 0.2) is 5.11 Å². The van der Waals surface area contributed by atoms with Crippen molar-refractivity contribution in [1.29, 1.82) is 0 Å². The topological polar surface area (TPSA) is 33.3 Å². The van der Waals surface area contributed by atoms with Crippen molar-refractivity contribution in [2.75, 3.05) is 17.7 Å². The van der Waals surface area contributed by atoms with E-state index in [1.165, 1.54) is 0 Å². The van der Waals surface area contributed by atoms with E-state index in [4.69, 9.17) is 28.6 Å². The maximum Gasteiger partial charge on any atom is 0.175 e. The second kappa shape index (κ2) is 6.41. The van der Waals surface area contributed by atoms with Crippen LogP contribution in [0.1, 0.15) is 0 Å². The third-order valence-corrected chi connectivity index (χ3v) is 2.91. The third-order valence-electron chi connectivity index (χ3n) is 2.45. The minimum Gasteiger partial charge on any atom is -0.497 e. The Labute approximate surface area is 122 Å². The standard InChI is InChI=1S/C14H13ClN2OS/c1-18-13-8-6-12(7-9-13)17-14(19)16-11-4-2-10(15)3-5-11/h2-9H,1H3,(H2,16,17,19). The molecular weight excluding hydrogens is 280 g/mol. The number of ether oxygens (including phenoxy) is 1. The van der Waals surface area contributed by atoms with Crippen LogP contribution in [0.4, 0.5) is 11.4 Å². The van der Waals surface area contributed by atoms with Crippen LogP contribution in [0.25, 0.3) is 0 Å². The van der Waals surface area contributed by atoms with E-state index in [-0.39, 0.29) is 0 Å². The molecule has 0 saturated carbocycles. The SMILES string of the molecule is COc1ccc(NC(=S)Nc2ccc(Cl)cc2)cc1. The fourth-order valence-corrected chi connectivity index (χ4v) is 1.86. The van der Waals surface area contributed by atoms with Crippen molar-refractivity contribution in [3.05, 3.63) is 53.6 Å². The van der Waals surface area contributed by atoms with Crippen LogP contribution in [0.3, 0.4) is 0 Å². The number of halogens is 1. The Hall–Kier alpha value is -1.78. The first kappa shape index (κ1) is 13.6. The number of thiocarbonyl (C=S) groups is 1. The van der Waals surface area contributed by atoms with Gasteiger partial charge in [-0.15, -0.1) is 0 Å². The van der Waals surface area contributed by atoms with E-state index >= 15 is 0 Å². The molecule has 0 heterocycles. The van der Waals surface area contributed by atoms with Crippen LogP contribution in [0, 0.1) is 0 Å². The average Bonchev–Trinajstić information content (AvgIpc) is 2.42. The van der Waals surface area contributed by atoms with Gasteiger partial charge in [0.1, 0.15) is 5.75 Å². The molecule has 2 rings (SSSR count). The van der Waals surface area contributed by atoms with Gasteiger partial charge in [0.25, 0.3) is 0 Å². The normalized spacial score (nSPS) is 9.79. The second-order valence-corrected chi connectivity index (χ2v) is 4.66. The first-order chi connectivity index (χ1) is 9.17. The Bertz CT molecular complexity index is 555. The molecular formula is C14H13ClN2OS. The molecule has 0 aliphatic carbocycles. The number of hydrogen-bond donors (Lipinski definition) is 2. The molecule has 2 aromatic rings. The van der Waals surface area contributed by atoms with E-state index in [9.17, 15) is 0 Å². The smallest absolute Gasteiger partial charge is 0.175 e. The molecule has 0 unspecified atom stereocenters. The van der Waals surface area contributed by atoms with Gasteiger partial charge in [-0.25, -0.2) is 0 Å². The van der Waals surface area contributed by atoms with Crippen molar-refractivity contribution >= 4 is 40.3 Å². The predicted octanol–water partition coefficient (Wildman–Crippen LogP) is 4.16. The van der Waals surface area contributed by atoms with Crippen LogP contribution in [-0.2, 0) is 0 Å². The maximum absolute atomic E-state index is 5.82. The largest absolute Gasteiger partial charge is 0.497 e. The van der Waals surface area contributed by atoms with E-state index in [0.29, 0.717) is 10.1 Å². The summed E-state index contributed by atoms with van der Waals surface area (Å²) >= 11 is 11.0. The molecule has 2 N–H and O–H groups in total. The molecule has 0 radical (unpaired) electrons. The third kappa shape index (κ3) is 4.12. The molecule has 3 nitrogen and oxygen atoms in total. The van der Waals surface area contributed by atoms with Gasteiger partial charge in [-0.3, -0.25) is 0 Å². The zero-order chi connectivity index (χ0) is 13.7. The summed E-state index contributed by atoms with van der Waals surface area (Å²) in [5.41, 5.74) is 1.78. The Kier molecular flexibility index (Phi) is 4.60. The number of benzene rings is 2. The van der Waals surface area contributed by atoms with Crippen LogP contribution in [-0.4, -0.2) is 12.2 Å². The van der Waals surface area contributed by atoms with Crippen molar-refractivity contribution < 1.29 is 4.74 Å². The quantitative estimate of drug-likeness (QED) is 0.832. The van der Waals surface area contributed by atoms with Crippen LogP contribution >= 0.6 is 23.8 Å². The summed E-state index contributed by atoms with van der Waals surface area (Å²) in [6, 6.07) is 14.9. The summed E-state index contributed by atoms with van der Waals surface area (Å²) in [6.07, 6.45) is 0. The lowest BCUT2D eigenvalue weighted by Gasteiger charge is -2.11. The van der Waals surface area contributed by atoms with Gasteiger partial charge in [0.05, 0.1) is 7.11 Å². The van der Waals surface area contributed by atoms with Crippen LogP contribution in [0.5, 0.6) is 5.75 Å². The molecule has 0 saturated heterocycles. The number of rotatable bonds is 3. The Morgan fingerprint density at radius 1 is 0.947 bits per heavy atom. The van der Waals surface area contributed by atoms with Gasteiger partial charge in [0, 0.05) is 16.4 Å². The number of methoxy groups -OCH3 is 1. The van der Waals surface area contributed by atoms with Gasteiger partial charge >= 0.3 is 0 Å². The van der Waals surface area contributed by atoms with E-state index in [1.54, 1.807) is 19.2 Å². The average molecular weight is 293 g/mol. The van der Waals surface area contributed by atoms with Crippen molar-refractivity contribution in [3.8, 4) is 5.75 Å². The lowest BCUT2D eigenvalue weighted by Crippen LogP contribution is -2.18. The predicted molar refractivity (Wildman–Crippen MR) is 84.3 cm³/mol. The molecule has 0 atom stereocenters. The molecule has 0 aromatic heterocycles. The van der Waals surface area contributed by atoms with Crippen LogP contribution in [0.15, 0.2) is 48.5 Å². The zero-order valence-electron chi connectivity index (χ0n) is 10.3.